The van der Waals surface area contributed by atoms with Crippen molar-refractivity contribution in [1.82, 2.24) is 4.98 Å². The van der Waals surface area contributed by atoms with Gasteiger partial charge in [0.15, 0.2) is 0 Å². The fraction of sp³-hybridized carbons (Fsp3) is 0.444. The lowest BCUT2D eigenvalue weighted by Crippen LogP contribution is -1.90. The van der Waals surface area contributed by atoms with Gasteiger partial charge in [0, 0.05) is 11.1 Å². The molecule has 0 N–H and O–H groups in total. The van der Waals surface area contributed by atoms with Crippen molar-refractivity contribution < 1.29 is 0 Å². The minimum Gasteiger partial charge on any atom is -0.260 e. The molecule has 1 nitrogen and oxygen atoms in total. The Labute approximate surface area is 72.2 Å². The van der Waals surface area contributed by atoms with Gasteiger partial charge in [-0.3, -0.25) is 4.98 Å². The molecule has 0 saturated heterocycles. The van der Waals surface area contributed by atoms with E-state index in [9.17, 15) is 0 Å². The molecule has 0 saturated carbocycles. The number of hydrogen-bond donors (Lipinski definition) is 0. The third kappa shape index (κ3) is 2.22. The number of thioether (sulfide) groups is 1. The van der Waals surface area contributed by atoms with Crippen LogP contribution in [-0.2, 0) is 6.42 Å². The van der Waals surface area contributed by atoms with Crippen molar-refractivity contribution in [3.8, 4) is 0 Å². The highest BCUT2D eigenvalue weighted by atomic mass is 32.2. The quantitative estimate of drug-likeness (QED) is 0.642. The van der Waals surface area contributed by atoms with Gasteiger partial charge in [-0.25, -0.2) is 0 Å². The molecule has 0 unspecified atom stereocenters. The molecule has 0 aliphatic rings. The molecule has 0 bridgehead atoms. The van der Waals surface area contributed by atoms with E-state index in [0.717, 1.165) is 6.42 Å². The molecule has 0 amide bonds. The van der Waals surface area contributed by atoms with E-state index in [-0.39, 0.29) is 0 Å². The average Bonchev–Trinajstić information content (AvgIpc) is 2.06. The van der Waals surface area contributed by atoms with Crippen molar-refractivity contribution in [1.29, 1.82) is 0 Å². The predicted molar refractivity (Wildman–Crippen MR) is 50.0 cm³/mol. The smallest absolute Gasteiger partial charge is 0.0538 e. The second-order valence-corrected chi connectivity index (χ2v) is 3.25. The van der Waals surface area contributed by atoms with Crippen molar-refractivity contribution in [2.45, 2.75) is 24.7 Å². The third-order valence-electron chi connectivity index (χ3n) is 1.56. The summed E-state index contributed by atoms with van der Waals surface area (Å²) in [5.41, 5.74) is 1.24. The Kier molecular flexibility index (Phi) is 3.43. The Hall–Kier alpha value is -0.500. The van der Waals surface area contributed by atoms with E-state index in [4.69, 9.17) is 0 Å². The van der Waals surface area contributed by atoms with E-state index in [0.29, 0.717) is 0 Å². The molecule has 1 rings (SSSR count). The summed E-state index contributed by atoms with van der Waals surface area (Å²) in [6.45, 7) is 2.18. The first-order chi connectivity index (χ1) is 5.38. The number of nitrogens with zero attached hydrogens (tertiary/aromatic N) is 1. The zero-order valence-electron chi connectivity index (χ0n) is 7.00. The second kappa shape index (κ2) is 4.39. The zero-order chi connectivity index (χ0) is 8.10. The second-order valence-electron chi connectivity index (χ2n) is 2.40. The van der Waals surface area contributed by atoms with Crippen LogP contribution < -0.4 is 0 Å². The van der Waals surface area contributed by atoms with Crippen molar-refractivity contribution in [3.05, 3.63) is 24.0 Å². The first-order valence-electron chi connectivity index (χ1n) is 3.86. The average molecular weight is 167 g/mol. The van der Waals surface area contributed by atoms with Gasteiger partial charge in [0.05, 0.1) is 5.69 Å². The summed E-state index contributed by atoms with van der Waals surface area (Å²) in [7, 11) is 0. The summed E-state index contributed by atoms with van der Waals surface area (Å²) >= 11 is 1.77. The molecular formula is C9H13NS. The van der Waals surface area contributed by atoms with Gasteiger partial charge >= 0.3 is 0 Å². The molecule has 1 heterocycles. The highest BCUT2D eigenvalue weighted by molar-refractivity contribution is 7.98. The molecule has 1 aromatic rings. The molecule has 0 aliphatic heterocycles. The summed E-state index contributed by atoms with van der Waals surface area (Å²) < 4.78 is 0. The molecule has 60 valence electrons. The van der Waals surface area contributed by atoms with Crippen LogP contribution in [0.4, 0.5) is 0 Å². The van der Waals surface area contributed by atoms with E-state index in [1.165, 1.54) is 17.0 Å². The summed E-state index contributed by atoms with van der Waals surface area (Å²) in [4.78, 5) is 5.63. The fourth-order valence-corrected chi connectivity index (χ4v) is 1.64. The molecule has 0 aromatic carbocycles. The van der Waals surface area contributed by atoms with Crippen molar-refractivity contribution in [3.63, 3.8) is 0 Å². The Bertz CT molecular complexity index is 223. The maximum Gasteiger partial charge on any atom is 0.0538 e. The lowest BCUT2D eigenvalue weighted by molar-refractivity contribution is 0.856. The molecule has 0 aliphatic carbocycles. The van der Waals surface area contributed by atoms with Crippen molar-refractivity contribution in [2.75, 3.05) is 6.26 Å². The van der Waals surface area contributed by atoms with Crippen LogP contribution >= 0.6 is 11.8 Å². The number of hydrogen-bond acceptors (Lipinski definition) is 2. The number of aryl methyl sites for hydroxylation is 1. The van der Waals surface area contributed by atoms with Crippen LogP contribution in [0.3, 0.4) is 0 Å². The van der Waals surface area contributed by atoms with Crippen LogP contribution in [0.2, 0.25) is 0 Å². The molecular weight excluding hydrogens is 154 g/mol. The third-order valence-corrected chi connectivity index (χ3v) is 2.37. The Balaban J connectivity index is 2.83. The molecule has 11 heavy (non-hydrogen) atoms. The van der Waals surface area contributed by atoms with Gasteiger partial charge in [0.2, 0.25) is 0 Å². The number of rotatable bonds is 3. The lowest BCUT2D eigenvalue weighted by atomic mass is 10.2. The largest absolute Gasteiger partial charge is 0.260 e. The lowest BCUT2D eigenvalue weighted by Gasteiger charge is -2.02. The molecule has 0 fully saturated rings. The van der Waals surface area contributed by atoms with Gasteiger partial charge in [0.1, 0.15) is 0 Å². The standard InChI is InChI=1S/C9H13NS/c1-3-5-8-9(11-2)6-4-7-10-8/h4,6-7H,3,5H2,1-2H3. The Morgan fingerprint density at radius 2 is 2.36 bits per heavy atom. The highest BCUT2D eigenvalue weighted by Gasteiger charge is 1.98. The first kappa shape index (κ1) is 8.60. The van der Waals surface area contributed by atoms with Gasteiger partial charge in [-0.2, -0.15) is 0 Å². The minimum atomic E-state index is 1.09. The van der Waals surface area contributed by atoms with E-state index in [1.54, 1.807) is 11.8 Å². The topological polar surface area (TPSA) is 12.9 Å². The predicted octanol–water partition coefficient (Wildman–Crippen LogP) is 2.76. The molecule has 1 aromatic heterocycles. The maximum atomic E-state index is 4.32. The molecule has 2 heteroatoms. The molecule has 0 atom stereocenters. The highest BCUT2D eigenvalue weighted by Crippen LogP contribution is 2.18. The molecule has 0 radical (unpaired) electrons. The molecule has 0 spiro atoms. The van der Waals surface area contributed by atoms with Crippen LogP contribution in [0.15, 0.2) is 23.2 Å². The van der Waals surface area contributed by atoms with Gasteiger partial charge in [0.25, 0.3) is 0 Å². The normalized spacial score (nSPS) is 10.0. The van der Waals surface area contributed by atoms with Gasteiger partial charge in [-0.15, -0.1) is 11.8 Å². The monoisotopic (exact) mass is 167 g/mol. The Morgan fingerprint density at radius 3 is 3.00 bits per heavy atom. The van der Waals surface area contributed by atoms with E-state index < -0.39 is 0 Å². The first-order valence-corrected chi connectivity index (χ1v) is 5.08. The minimum absolute atomic E-state index is 1.09. The summed E-state index contributed by atoms with van der Waals surface area (Å²) in [5, 5.41) is 0. The van der Waals surface area contributed by atoms with Crippen LogP contribution in [0.5, 0.6) is 0 Å². The zero-order valence-corrected chi connectivity index (χ0v) is 7.82. The van der Waals surface area contributed by atoms with E-state index >= 15 is 0 Å². The van der Waals surface area contributed by atoms with Crippen molar-refractivity contribution >= 4 is 11.8 Å². The van der Waals surface area contributed by atoms with Crippen LogP contribution in [-0.4, -0.2) is 11.2 Å². The fourth-order valence-electron chi connectivity index (χ4n) is 1.03. The Morgan fingerprint density at radius 1 is 1.55 bits per heavy atom. The van der Waals surface area contributed by atoms with Crippen molar-refractivity contribution in [2.24, 2.45) is 0 Å². The van der Waals surface area contributed by atoms with Gasteiger partial charge < -0.3 is 0 Å². The van der Waals surface area contributed by atoms with Gasteiger partial charge in [-0.1, -0.05) is 13.3 Å². The van der Waals surface area contributed by atoms with E-state index in [2.05, 4.69) is 24.2 Å². The maximum absolute atomic E-state index is 4.32. The van der Waals surface area contributed by atoms with Crippen LogP contribution in [0.25, 0.3) is 0 Å². The summed E-state index contributed by atoms with van der Waals surface area (Å²) in [6, 6.07) is 4.12. The van der Waals surface area contributed by atoms with Crippen LogP contribution in [0.1, 0.15) is 19.0 Å². The van der Waals surface area contributed by atoms with E-state index in [1.807, 2.05) is 12.3 Å². The SMILES string of the molecule is CCCc1ncccc1SC. The summed E-state index contributed by atoms with van der Waals surface area (Å²) in [5.74, 6) is 0. The van der Waals surface area contributed by atoms with Gasteiger partial charge in [-0.05, 0) is 24.8 Å². The number of aromatic nitrogens is 1. The summed E-state index contributed by atoms with van der Waals surface area (Å²) in [6.07, 6.45) is 6.22. The van der Waals surface area contributed by atoms with Crippen LogP contribution in [0, 0.1) is 0 Å². The number of pyridine rings is 1.